The lowest BCUT2D eigenvalue weighted by Crippen LogP contribution is -2.50. The summed E-state index contributed by atoms with van der Waals surface area (Å²) < 4.78 is 0. The highest BCUT2D eigenvalue weighted by Crippen LogP contribution is 2.30. The first-order valence-corrected chi connectivity index (χ1v) is 10.4. The van der Waals surface area contributed by atoms with Gasteiger partial charge in [-0.3, -0.25) is 0 Å². The minimum absolute atomic E-state index is 0.527. The topological polar surface area (TPSA) is 64.5 Å². The molecule has 3 fully saturated rings. The maximum Gasteiger partial charge on any atom is 0.132 e. The third kappa shape index (κ3) is 4.18. The normalized spacial score (nSPS) is 24.9. The van der Waals surface area contributed by atoms with E-state index in [0.717, 1.165) is 83.1 Å². The molecule has 0 spiro atoms. The minimum atomic E-state index is -0.527. The zero-order chi connectivity index (χ0) is 18.0. The molecule has 6 heteroatoms. The molecule has 0 radical (unpaired) electrons. The highest BCUT2D eigenvalue weighted by molar-refractivity contribution is 5.41. The third-order valence-corrected chi connectivity index (χ3v) is 6.34. The van der Waals surface area contributed by atoms with Crippen LogP contribution in [-0.2, 0) is 0 Å². The Balaban J connectivity index is 1.41. The monoisotopic (exact) mass is 359 g/mol. The Labute approximate surface area is 157 Å². The van der Waals surface area contributed by atoms with E-state index in [1.807, 2.05) is 6.92 Å². The van der Waals surface area contributed by atoms with E-state index in [4.69, 9.17) is 9.97 Å². The predicted molar refractivity (Wildman–Crippen MR) is 104 cm³/mol. The fourth-order valence-corrected chi connectivity index (χ4v) is 4.73. The number of aryl methyl sites for hydroxylation is 1. The number of hydrogen-bond acceptors (Lipinski definition) is 6. The van der Waals surface area contributed by atoms with Crippen LogP contribution in [0.15, 0.2) is 6.07 Å². The lowest BCUT2D eigenvalue weighted by Gasteiger charge is -2.40. The maximum atomic E-state index is 11.0. The average molecular weight is 360 g/mol. The molecule has 26 heavy (non-hydrogen) atoms. The highest BCUT2D eigenvalue weighted by atomic mass is 16.3. The van der Waals surface area contributed by atoms with Crippen LogP contribution in [0.4, 0.5) is 5.82 Å². The van der Waals surface area contributed by atoms with Crippen molar-refractivity contribution in [2.45, 2.75) is 57.0 Å². The van der Waals surface area contributed by atoms with Gasteiger partial charge in [-0.05, 0) is 71.6 Å². The van der Waals surface area contributed by atoms with Gasteiger partial charge in [0.1, 0.15) is 11.6 Å². The van der Waals surface area contributed by atoms with Crippen LogP contribution in [0.25, 0.3) is 0 Å². The summed E-state index contributed by atoms with van der Waals surface area (Å²) >= 11 is 0. The van der Waals surface area contributed by atoms with Crippen molar-refractivity contribution in [2.75, 3.05) is 50.7 Å². The van der Waals surface area contributed by atoms with Gasteiger partial charge in [0.05, 0.1) is 5.60 Å². The molecule has 1 aromatic heterocycles. The van der Waals surface area contributed by atoms with Crippen LogP contribution in [0.1, 0.15) is 56.0 Å². The Hall–Kier alpha value is -1.24. The Kier molecular flexibility index (Phi) is 5.43. The van der Waals surface area contributed by atoms with Crippen molar-refractivity contribution in [1.29, 1.82) is 0 Å². The molecule has 144 valence electrons. The minimum Gasteiger partial charge on any atom is -0.388 e. The van der Waals surface area contributed by atoms with Gasteiger partial charge in [-0.25, -0.2) is 9.97 Å². The fourth-order valence-electron chi connectivity index (χ4n) is 4.73. The summed E-state index contributed by atoms with van der Waals surface area (Å²) in [5.41, 5.74) is 0.674. The van der Waals surface area contributed by atoms with Gasteiger partial charge in [0.25, 0.3) is 0 Å². The van der Waals surface area contributed by atoms with E-state index in [0.29, 0.717) is 5.92 Å². The number of likely N-dealkylation sites (tertiary alicyclic amines) is 1. The van der Waals surface area contributed by atoms with E-state index in [1.165, 1.54) is 18.5 Å². The summed E-state index contributed by atoms with van der Waals surface area (Å²) in [6, 6.07) is 2.20. The summed E-state index contributed by atoms with van der Waals surface area (Å²) in [4.78, 5) is 14.2. The first-order valence-electron chi connectivity index (χ1n) is 10.4. The smallest absolute Gasteiger partial charge is 0.132 e. The Bertz CT molecular complexity index is 602. The number of anilines is 1. The van der Waals surface area contributed by atoms with Crippen molar-refractivity contribution < 1.29 is 5.11 Å². The van der Waals surface area contributed by atoms with E-state index in [2.05, 4.69) is 21.2 Å². The van der Waals surface area contributed by atoms with E-state index < -0.39 is 5.60 Å². The van der Waals surface area contributed by atoms with Gasteiger partial charge in [0.15, 0.2) is 0 Å². The number of nitrogens with one attached hydrogen (secondary N) is 1. The number of β-amino-alcohol motifs (C(OH)–C–C–N with tert-alkyl or cyclic N) is 1. The van der Waals surface area contributed by atoms with E-state index in [9.17, 15) is 5.11 Å². The molecule has 0 saturated carbocycles. The third-order valence-electron chi connectivity index (χ3n) is 6.34. The van der Waals surface area contributed by atoms with Crippen LogP contribution < -0.4 is 10.2 Å². The molecule has 0 amide bonds. The average Bonchev–Trinajstić information content (AvgIpc) is 3.15. The predicted octanol–water partition coefficient (Wildman–Crippen LogP) is 1.68. The molecule has 6 nitrogen and oxygen atoms in total. The molecule has 0 aromatic carbocycles. The number of aromatic nitrogens is 2. The number of nitrogens with zero attached hydrogens (tertiary/aromatic N) is 4. The standard InChI is InChI=1S/C20H33N5O/c1-16-22-18(17-4-8-21-9-5-17)14-19(23-16)25-12-6-20(26,7-13-25)15-24-10-2-3-11-24/h14,17,21,26H,2-13,15H2,1H3. The molecular weight excluding hydrogens is 326 g/mol. The number of aliphatic hydroxyl groups is 1. The summed E-state index contributed by atoms with van der Waals surface area (Å²) in [6.45, 7) is 9.06. The summed E-state index contributed by atoms with van der Waals surface area (Å²) in [5.74, 6) is 2.47. The SMILES string of the molecule is Cc1nc(C2CCNCC2)cc(N2CCC(O)(CN3CCCC3)CC2)n1. The molecule has 3 saturated heterocycles. The van der Waals surface area contributed by atoms with Gasteiger partial charge in [-0.15, -0.1) is 0 Å². The Morgan fingerprint density at radius 2 is 1.81 bits per heavy atom. The summed E-state index contributed by atoms with van der Waals surface area (Å²) in [7, 11) is 0. The van der Waals surface area contributed by atoms with Crippen molar-refractivity contribution in [3.8, 4) is 0 Å². The zero-order valence-electron chi connectivity index (χ0n) is 16.1. The van der Waals surface area contributed by atoms with Gasteiger partial charge in [0, 0.05) is 37.3 Å². The van der Waals surface area contributed by atoms with Crippen LogP contribution in [0, 0.1) is 6.92 Å². The lowest BCUT2D eigenvalue weighted by molar-refractivity contribution is -0.0111. The summed E-state index contributed by atoms with van der Waals surface area (Å²) in [5, 5.41) is 14.4. The van der Waals surface area contributed by atoms with Crippen LogP contribution in [0.5, 0.6) is 0 Å². The second-order valence-corrected chi connectivity index (χ2v) is 8.42. The van der Waals surface area contributed by atoms with Crippen LogP contribution in [0.2, 0.25) is 0 Å². The molecule has 4 heterocycles. The molecule has 0 atom stereocenters. The van der Waals surface area contributed by atoms with Crippen LogP contribution in [0.3, 0.4) is 0 Å². The van der Waals surface area contributed by atoms with Gasteiger partial charge in [-0.1, -0.05) is 0 Å². The first-order chi connectivity index (χ1) is 12.6. The van der Waals surface area contributed by atoms with Gasteiger partial charge in [-0.2, -0.15) is 0 Å². The van der Waals surface area contributed by atoms with Crippen molar-refractivity contribution in [3.05, 3.63) is 17.6 Å². The van der Waals surface area contributed by atoms with Gasteiger partial charge >= 0.3 is 0 Å². The van der Waals surface area contributed by atoms with Crippen molar-refractivity contribution in [3.63, 3.8) is 0 Å². The van der Waals surface area contributed by atoms with Crippen LogP contribution in [-0.4, -0.2) is 71.4 Å². The van der Waals surface area contributed by atoms with Crippen LogP contribution >= 0.6 is 0 Å². The molecular formula is C20H33N5O. The van der Waals surface area contributed by atoms with E-state index in [-0.39, 0.29) is 0 Å². The van der Waals surface area contributed by atoms with Crippen molar-refractivity contribution in [2.24, 2.45) is 0 Å². The molecule has 0 bridgehead atoms. The van der Waals surface area contributed by atoms with Crippen molar-refractivity contribution >= 4 is 5.82 Å². The van der Waals surface area contributed by atoms with Gasteiger partial charge < -0.3 is 20.2 Å². The molecule has 2 N–H and O–H groups in total. The fraction of sp³-hybridized carbons (Fsp3) is 0.800. The summed E-state index contributed by atoms with van der Waals surface area (Å²) in [6.07, 6.45) is 6.53. The molecule has 3 aliphatic heterocycles. The number of rotatable bonds is 4. The van der Waals surface area contributed by atoms with E-state index in [1.54, 1.807) is 0 Å². The lowest BCUT2D eigenvalue weighted by atomic mass is 9.90. The zero-order valence-corrected chi connectivity index (χ0v) is 16.1. The maximum absolute atomic E-state index is 11.0. The molecule has 3 aliphatic rings. The van der Waals surface area contributed by atoms with E-state index >= 15 is 0 Å². The largest absolute Gasteiger partial charge is 0.388 e. The Morgan fingerprint density at radius 1 is 1.12 bits per heavy atom. The second-order valence-electron chi connectivity index (χ2n) is 8.42. The van der Waals surface area contributed by atoms with Crippen molar-refractivity contribution in [1.82, 2.24) is 20.2 Å². The van der Waals surface area contributed by atoms with Gasteiger partial charge in [0.2, 0.25) is 0 Å². The highest BCUT2D eigenvalue weighted by Gasteiger charge is 2.35. The Morgan fingerprint density at radius 3 is 2.50 bits per heavy atom. The quantitative estimate of drug-likeness (QED) is 0.853. The number of hydrogen-bond donors (Lipinski definition) is 2. The molecule has 0 unspecified atom stereocenters. The molecule has 4 rings (SSSR count). The molecule has 1 aromatic rings. The number of piperidine rings is 2. The molecule has 0 aliphatic carbocycles. The first kappa shape index (κ1) is 18.1. The second kappa shape index (κ2) is 7.79.